The Balaban J connectivity index is 2.25. The number of allylic oxidation sites excluding steroid dienone is 1. The first-order valence-corrected chi connectivity index (χ1v) is 10.6. The molecule has 0 atom stereocenters. The highest BCUT2D eigenvalue weighted by atomic mass is 35.5. The number of nitrogens with one attached hydrogen (secondary N) is 1. The second kappa shape index (κ2) is 9.98. The Labute approximate surface area is 203 Å². The van der Waals surface area contributed by atoms with Crippen molar-refractivity contribution in [3.63, 3.8) is 0 Å². The van der Waals surface area contributed by atoms with Crippen molar-refractivity contribution in [1.82, 2.24) is 14.5 Å². The third kappa shape index (κ3) is 5.05. The summed E-state index contributed by atoms with van der Waals surface area (Å²) in [6, 6.07) is 11.0. The fourth-order valence-electron chi connectivity index (χ4n) is 3.18. The van der Waals surface area contributed by atoms with E-state index < -0.39 is 41.1 Å². The van der Waals surface area contributed by atoms with Gasteiger partial charge in [0.05, 0.1) is 17.3 Å². The van der Waals surface area contributed by atoms with Crippen molar-refractivity contribution in [2.24, 2.45) is 0 Å². The van der Waals surface area contributed by atoms with Crippen LogP contribution in [0.25, 0.3) is 11.3 Å². The molecular formula is C23H19Cl2N3O6. The molecule has 2 aromatic carbocycles. The van der Waals surface area contributed by atoms with Crippen LogP contribution in [0.2, 0.25) is 10.0 Å². The molecule has 0 unspecified atom stereocenters. The average molecular weight is 504 g/mol. The van der Waals surface area contributed by atoms with E-state index in [1.165, 1.54) is 18.2 Å². The zero-order valence-electron chi connectivity index (χ0n) is 17.8. The number of hydrogen-bond donors (Lipinski definition) is 3. The van der Waals surface area contributed by atoms with Gasteiger partial charge in [-0.25, -0.2) is 9.36 Å². The number of carboxylic acids is 1. The minimum atomic E-state index is -1.36. The molecule has 3 aromatic rings. The molecule has 0 saturated carbocycles. The lowest BCUT2D eigenvalue weighted by Crippen LogP contribution is -2.44. The molecule has 9 nitrogen and oxygen atoms in total. The highest BCUT2D eigenvalue weighted by Crippen LogP contribution is 2.27. The van der Waals surface area contributed by atoms with E-state index in [2.05, 4.69) is 6.58 Å². The number of rotatable bonds is 7. The maximum absolute atomic E-state index is 13.3. The molecule has 0 aliphatic heterocycles. The minimum absolute atomic E-state index is 0.0298. The number of halogens is 2. The standard InChI is InChI=1S/C23H19Cl2N3O6/c1-12(2)14-5-3-13(4-6-14)11-27-21(32)19(20(31)26-10-18(29)30)22(33)28(23(27)34)17-8-7-15(24)9-16(17)25/h3-9,33H,1,10-11H2,2H3,(H,26,31)(H,29,30). The molecule has 0 radical (unpaired) electrons. The molecule has 3 rings (SSSR count). The van der Waals surface area contributed by atoms with E-state index in [-0.39, 0.29) is 22.3 Å². The van der Waals surface area contributed by atoms with Gasteiger partial charge < -0.3 is 15.5 Å². The van der Waals surface area contributed by atoms with Crippen LogP contribution in [0.5, 0.6) is 5.88 Å². The van der Waals surface area contributed by atoms with Crippen molar-refractivity contribution in [2.45, 2.75) is 13.5 Å². The Morgan fingerprint density at radius 1 is 1.09 bits per heavy atom. The van der Waals surface area contributed by atoms with Crippen LogP contribution >= 0.6 is 23.2 Å². The Bertz CT molecular complexity index is 1420. The Morgan fingerprint density at radius 3 is 2.29 bits per heavy atom. The van der Waals surface area contributed by atoms with E-state index in [0.29, 0.717) is 10.1 Å². The van der Waals surface area contributed by atoms with Gasteiger partial charge in [0.25, 0.3) is 11.5 Å². The van der Waals surface area contributed by atoms with Crippen LogP contribution in [0.3, 0.4) is 0 Å². The highest BCUT2D eigenvalue weighted by molar-refractivity contribution is 6.35. The largest absolute Gasteiger partial charge is 0.493 e. The smallest absolute Gasteiger partial charge is 0.338 e. The molecule has 176 valence electrons. The van der Waals surface area contributed by atoms with Crippen molar-refractivity contribution in [2.75, 3.05) is 6.54 Å². The Kier molecular flexibility index (Phi) is 7.29. The number of aromatic hydroxyl groups is 1. The quantitative estimate of drug-likeness (QED) is 0.454. The summed E-state index contributed by atoms with van der Waals surface area (Å²) in [4.78, 5) is 49.9. The molecule has 0 spiro atoms. The van der Waals surface area contributed by atoms with Crippen LogP contribution in [-0.4, -0.2) is 37.8 Å². The molecule has 1 heterocycles. The highest BCUT2D eigenvalue weighted by Gasteiger charge is 2.26. The zero-order valence-corrected chi connectivity index (χ0v) is 19.4. The lowest BCUT2D eigenvalue weighted by Gasteiger charge is -2.17. The van der Waals surface area contributed by atoms with Gasteiger partial charge in [0.2, 0.25) is 5.88 Å². The molecule has 34 heavy (non-hydrogen) atoms. The molecule has 0 saturated heterocycles. The van der Waals surface area contributed by atoms with Crippen LogP contribution in [-0.2, 0) is 11.3 Å². The zero-order chi connectivity index (χ0) is 25.2. The van der Waals surface area contributed by atoms with E-state index in [0.717, 1.165) is 15.7 Å². The molecular weight excluding hydrogens is 485 g/mol. The fourth-order valence-corrected chi connectivity index (χ4v) is 3.67. The van der Waals surface area contributed by atoms with E-state index in [1.807, 2.05) is 12.2 Å². The third-order valence-electron chi connectivity index (χ3n) is 4.88. The number of nitrogens with zero attached hydrogens (tertiary/aromatic N) is 2. The summed E-state index contributed by atoms with van der Waals surface area (Å²) < 4.78 is 1.44. The number of aromatic nitrogens is 2. The van der Waals surface area contributed by atoms with Crippen molar-refractivity contribution >= 4 is 40.7 Å². The van der Waals surface area contributed by atoms with Gasteiger partial charge in [-0.3, -0.25) is 19.0 Å². The first-order chi connectivity index (χ1) is 16.0. The number of carbonyl (C=O) groups is 2. The maximum Gasteiger partial charge on any atom is 0.338 e. The number of hydrogen-bond acceptors (Lipinski definition) is 5. The number of carboxylic acid groups (broad SMARTS) is 1. The summed E-state index contributed by atoms with van der Waals surface area (Å²) in [5.74, 6) is -3.52. The lowest BCUT2D eigenvalue weighted by molar-refractivity contribution is -0.135. The normalized spacial score (nSPS) is 10.7. The molecule has 0 aliphatic rings. The first-order valence-electron chi connectivity index (χ1n) is 9.80. The summed E-state index contributed by atoms with van der Waals surface area (Å²) in [5.41, 5.74) is -0.675. The van der Waals surface area contributed by atoms with Gasteiger partial charge in [0.1, 0.15) is 6.54 Å². The molecule has 3 N–H and O–H groups in total. The van der Waals surface area contributed by atoms with Crippen molar-refractivity contribution in [3.05, 3.63) is 96.6 Å². The van der Waals surface area contributed by atoms with E-state index >= 15 is 0 Å². The molecule has 0 bridgehead atoms. The molecule has 0 fully saturated rings. The average Bonchev–Trinajstić information content (AvgIpc) is 2.77. The van der Waals surface area contributed by atoms with E-state index in [1.54, 1.807) is 24.3 Å². The van der Waals surface area contributed by atoms with Crippen molar-refractivity contribution in [1.29, 1.82) is 0 Å². The third-order valence-corrected chi connectivity index (χ3v) is 5.42. The predicted molar refractivity (Wildman–Crippen MR) is 128 cm³/mol. The van der Waals surface area contributed by atoms with Crippen molar-refractivity contribution in [3.8, 4) is 11.6 Å². The minimum Gasteiger partial charge on any atom is -0.493 e. The van der Waals surface area contributed by atoms with Gasteiger partial charge in [0, 0.05) is 5.02 Å². The van der Waals surface area contributed by atoms with Gasteiger partial charge in [-0.2, -0.15) is 0 Å². The van der Waals surface area contributed by atoms with Crippen LogP contribution in [0, 0.1) is 0 Å². The second-order valence-electron chi connectivity index (χ2n) is 7.36. The fraction of sp³-hybridized carbons (Fsp3) is 0.130. The predicted octanol–water partition coefficient (Wildman–Crippen LogP) is 2.91. The van der Waals surface area contributed by atoms with Crippen LogP contribution < -0.4 is 16.6 Å². The summed E-state index contributed by atoms with van der Waals surface area (Å²) in [5, 5.41) is 21.9. The Morgan fingerprint density at radius 2 is 1.74 bits per heavy atom. The van der Waals surface area contributed by atoms with Gasteiger partial charge in [-0.1, -0.05) is 59.6 Å². The van der Waals surface area contributed by atoms with Crippen LogP contribution in [0.15, 0.2) is 58.6 Å². The molecule has 0 aliphatic carbocycles. The second-order valence-corrected chi connectivity index (χ2v) is 8.20. The molecule has 1 amide bonds. The molecule has 11 heteroatoms. The summed E-state index contributed by atoms with van der Waals surface area (Å²) in [7, 11) is 0. The number of aliphatic carboxylic acids is 1. The van der Waals surface area contributed by atoms with E-state index in [4.69, 9.17) is 28.3 Å². The molecule has 1 aromatic heterocycles. The van der Waals surface area contributed by atoms with Crippen LogP contribution in [0.1, 0.15) is 28.4 Å². The summed E-state index contributed by atoms with van der Waals surface area (Å²) in [6.45, 7) is 4.64. The maximum atomic E-state index is 13.3. The van der Waals surface area contributed by atoms with Gasteiger partial charge >= 0.3 is 11.7 Å². The van der Waals surface area contributed by atoms with Gasteiger partial charge in [-0.05, 0) is 36.2 Å². The SMILES string of the molecule is C=C(C)c1ccc(Cn2c(=O)c(C(=O)NCC(=O)O)c(O)n(-c3ccc(Cl)cc3Cl)c2=O)cc1. The van der Waals surface area contributed by atoms with Gasteiger partial charge in [-0.15, -0.1) is 0 Å². The topological polar surface area (TPSA) is 131 Å². The monoisotopic (exact) mass is 503 g/mol. The summed E-state index contributed by atoms with van der Waals surface area (Å²) in [6.07, 6.45) is 0. The summed E-state index contributed by atoms with van der Waals surface area (Å²) >= 11 is 12.1. The van der Waals surface area contributed by atoms with Crippen LogP contribution in [0.4, 0.5) is 0 Å². The lowest BCUT2D eigenvalue weighted by atomic mass is 10.1. The van der Waals surface area contributed by atoms with E-state index in [9.17, 15) is 24.3 Å². The number of amides is 1. The Hall–Kier alpha value is -3.82. The van der Waals surface area contributed by atoms with Gasteiger partial charge in [0.15, 0.2) is 5.56 Å². The number of benzene rings is 2. The number of carbonyl (C=O) groups excluding carboxylic acids is 1. The van der Waals surface area contributed by atoms with Crippen molar-refractivity contribution < 1.29 is 19.8 Å². The first kappa shape index (κ1) is 24.8.